The van der Waals surface area contributed by atoms with Gasteiger partial charge < -0.3 is 13.5 Å². The van der Waals surface area contributed by atoms with Gasteiger partial charge in [-0.25, -0.2) is 15.0 Å². The summed E-state index contributed by atoms with van der Waals surface area (Å²) in [7, 11) is 1.68. The number of amides is 1. The summed E-state index contributed by atoms with van der Waals surface area (Å²) in [5.74, 6) is 1.76. The Balaban J connectivity index is 1.62. The lowest BCUT2D eigenvalue weighted by Gasteiger charge is -2.30. The van der Waals surface area contributed by atoms with Crippen molar-refractivity contribution in [3.63, 3.8) is 0 Å². The number of benzene rings is 1. The van der Waals surface area contributed by atoms with Gasteiger partial charge in [0.05, 0.1) is 55.1 Å². The zero-order valence-corrected chi connectivity index (χ0v) is 20.6. The lowest BCUT2D eigenvalue weighted by atomic mass is 9.86. The van der Waals surface area contributed by atoms with E-state index in [0.717, 1.165) is 49.0 Å². The number of fused-ring (bicyclic) bond motifs is 1. The topological polar surface area (TPSA) is 106 Å². The number of aromatic nitrogens is 4. The molecule has 0 spiro atoms. The van der Waals surface area contributed by atoms with Gasteiger partial charge in [0.15, 0.2) is 5.82 Å². The number of nitriles is 1. The third-order valence-corrected chi connectivity index (χ3v) is 6.64. The summed E-state index contributed by atoms with van der Waals surface area (Å²) < 4.78 is 12.7. The zero-order valence-electron chi connectivity index (χ0n) is 19.8. The molecule has 0 saturated heterocycles. The minimum atomic E-state index is -0.0676. The standard InChI is InChI=1S/C24H30N6O3S/c1-4-33-23-14-26-22(13-27-23)29(18-31)10-6-5-9-24(2,16-34-32-3)15-30-17-28-20-8-7-19(12-25)11-21(20)30/h7-8,11,13-14,17-18H,4-6,9-10,15-16H2,1-3H3/t24-/m1/s1. The molecular weight excluding hydrogens is 452 g/mol. The fourth-order valence-corrected chi connectivity index (χ4v) is 4.43. The highest BCUT2D eigenvalue weighted by Crippen LogP contribution is 2.32. The maximum atomic E-state index is 11.6. The Kier molecular flexibility index (Phi) is 9.24. The molecule has 0 bridgehead atoms. The largest absolute Gasteiger partial charge is 0.477 e. The van der Waals surface area contributed by atoms with Crippen molar-refractivity contribution in [3.8, 4) is 11.9 Å². The van der Waals surface area contributed by atoms with Crippen molar-refractivity contribution in [3.05, 3.63) is 42.5 Å². The molecular formula is C24H30N6O3S. The summed E-state index contributed by atoms with van der Waals surface area (Å²) in [6.07, 6.45) is 8.38. The highest BCUT2D eigenvalue weighted by atomic mass is 32.2. The van der Waals surface area contributed by atoms with Crippen LogP contribution in [0.25, 0.3) is 11.0 Å². The van der Waals surface area contributed by atoms with Crippen LogP contribution in [-0.4, -0.2) is 51.9 Å². The van der Waals surface area contributed by atoms with Gasteiger partial charge in [0.25, 0.3) is 0 Å². The number of ether oxygens (including phenoxy) is 1. The van der Waals surface area contributed by atoms with Gasteiger partial charge in [-0.1, -0.05) is 13.3 Å². The van der Waals surface area contributed by atoms with E-state index in [4.69, 9.17) is 8.92 Å². The van der Waals surface area contributed by atoms with Crippen molar-refractivity contribution in [2.75, 3.05) is 30.9 Å². The average molecular weight is 483 g/mol. The Morgan fingerprint density at radius 2 is 2.12 bits per heavy atom. The van der Waals surface area contributed by atoms with Crippen LogP contribution in [0.15, 0.2) is 36.9 Å². The predicted octanol–water partition coefficient (Wildman–Crippen LogP) is 4.23. The highest BCUT2D eigenvalue weighted by molar-refractivity contribution is 7.94. The lowest BCUT2D eigenvalue weighted by molar-refractivity contribution is -0.107. The molecule has 0 aliphatic heterocycles. The van der Waals surface area contributed by atoms with Crippen LogP contribution in [0.5, 0.6) is 5.88 Å². The minimum Gasteiger partial charge on any atom is -0.477 e. The molecule has 0 aliphatic carbocycles. The minimum absolute atomic E-state index is 0.0676. The van der Waals surface area contributed by atoms with Crippen LogP contribution in [0.3, 0.4) is 0 Å². The third-order valence-electron chi connectivity index (χ3n) is 5.59. The molecule has 0 saturated carbocycles. The van der Waals surface area contributed by atoms with Crippen LogP contribution < -0.4 is 9.64 Å². The van der Waals surface area contributed by atoms with Crippen molar-refractivity contribution in [1.29, 1.82) is 5.26 Å². The molecule has 9 nitrogen and oxygen atoms in total. The number of anilines is 1. The van der Waals surface area contributed by atoms with E-state index in [-0.39, 0.29) is 5.41 Å². The average Bonchev–Trinajstić information content (AvgIpc) is 3.25. The summed E-state index contributed by atoms with van der Waals surface area (Å²) in [5.41, 5.74) is 2.38. The summed E-state index contributed by atoms with van der Waals surface area (Å²) in [6.45, 7) is 5.93. The summed E-state index contributed by atoms with van der Waals surface area (Å²) >= 11 is 1.44. The number of carbonyl (C=O) groups is 1. The van der Waals surface area contributed by atoms with Crippen LogP contribution in [0.2, 0.25) is 0 Å². The number of carbonyl (C=O) groups excluding carboxylic acids is 1. The number of rotatable bonds is 14. The van der Waals surface area contributed by atoms with Gasteiger partial charge in [0.2, 0.25) is 12.3 Å². The number of unbranched alkanes of at least 4 members (excludes halogenated alkanes) is 1. The summed E-state index contributed by atoms with van der Waals surface area (Å²) in [5, 5.41) is 9.26. The number of hydrogen-bond donors (Lipinski definition) is 0. The first-order chi connectivity index (χ1) is 16.5. The van der Waals surface area contributed by atoms with Gasteiger partial charge in [0, 0.05) is 18.8 Å². The van der Waals surface area contributed by atoms with Gasteiger partial charge >= 0.3 is 0 Å². The monoisotopic (exact) mass is 482 g/mol. The molecule has 1 atom stereocenters. The first-order valence-corrected chi connectivity index (χ1v) is 12.1. The van der Waals surface area contributed by atoms with Gasteiger partial charge in [-0.2, -0.15) is 5.26 Å². The number of nitrogens with zero attached hydrogens (tertiary/aromatic N) is 6. The molecule has 10 heteroatoms. The first kappa shape index (κ1) is 25.5. The maximum Gasteiger partial charge on any atom is 0.232 e. The molecule has 3 aromatic rings. The van der Waals surface area contributed by atoms with Gasteiger partial charge in [-0.3, -0.25) is 9.69 Å². The SMILES string of the molecule is CCOc1cnc(N(C=O)CCCC[C@@](C)(CSOC)Cn2cnc3ccc(C#N)cc32)cn1. The fourth-order valence-electron chi connectivity index (χ4n) is 3.80. The molecule has 3 rings (SSSR count). The molecule has 180 valence electrons. The van der Waals surface area contributed by atoms with Crippen molar-refractivity contribution >= 4 is 35.3 Å². The molecule has 2 heterocycles. The first-order valence-electron chi connectivity index (χ1n) is 11.2. The summed E-state index contributed by atoms with van der Waals surface area (Å²) in [4.78, 5) is 26.1. The predicted molar refractivity (Wildman–Crippen MR) is 132 cm³/mol. The van der Waals surface area contributed by atoms with Crippen molar-refractivity contribution in [1.82, 2.24) is 19.5 Å². The van der Waals surface area contributed by atoms with Gasteiger partial charge in [0.1, 0.15) is 0 Å². The smallest absolute Gasteiger partial charge is 0.232 e. The Labute approximate surface area is 204 Å². The quantitative estimate of drug-likeness (QED) is 0.191. The molecule has 1 aromatic carbocycles. The second-order valence-corrected chi connectivity index (χ2v) is 9.19. The third kappa shape index (κ3) is 6.68. The Hall–Kier alpha value is -3.16. The van der Waals surface area contributed by atoms with Gasteiger partial charge in [-0.05, 0) is 55.4 Å². The molecule has 0 aliphatic rings. The Morgan fingerprint density at radius 1 is 1.26 bits per heavy atom. The van der Waals surface area contributed by atoms with E-state index in [2.05, 4.69) is 32.5 Å². The molecule has 0 fully saturated rings. The van der Waals surface area contributed by atoms with E-state index >= 15 is 0 Å². The summed E-state index contributed by atoms with van der Waals surface area (Å²) in [6, 6.07) is 7.74. The second-order valence-electron chi connectivity index (χ2n) is 8.33. The molecule has 2 aromatic heterocycles. The van der Waals surface area contributed by atoms with E-state index in [1.165, 1.54) is 18.2 Å². The fraction of sp³-hybridized carbons (Fsp3) is 0.458. The van der Waals surface area contributed by atoms with E-state index in [9.17, 15) is 10.1 Å². The highest BCUT2D eigenvalue weighted by Gasteiger charge is 2.26. The van der Waals surface area contributed by atoms with Crippen LogP contribution in [0.1, 0.15) is 38.7 Å². The molecule has 0 N–H and O–H groups in total. The molecule has 34 heavy (non-hydrogen) atoms. The maximum absolute atomic E-state index is 11.6. The van der Waals surface area contributed by atoms with E-state index in [0.29, 0.717) is 30.4 Å². The number of hydrogen-bond acceptors (Lipinski definition) is 8. The Bertz CT molecular complexity index is 1110. The van der Waals surface area contributed by atoms with Crippen LogP contribution in [-0.2, 0) is 15.5 Å². The van der Waals surface area contributed by atoms with Crippen LogP contribution in [0.4, 0.5) is 5.82 Å². The normalized spacial score (nSPS) is 12.8. The molecule has 1 amide bonds. The molecule has 0 unspecified atom stereocenters. The Morgan fingerprint density at radius 3 is 2.79 bits per heavy atom. The van der Waals surface area contributed by atoms with E-state index in [1.807, 2.05) is 25.4 Å². The van der Waals surface area contributed by atoms with E-state index < -0.39 is 0 Å². The van der Waals surface area contributed by atoms with Crippen LogP contribution in [0, 0.1) is 16.7 Å². The van der Waals surface area contributed by atoms with Gasteiger partial charge in [-0.15, -0.1) is 0 Å². The lowest BCUT2D eigenvalue weighted by Crippen LogP contribution is -2.27. The number of imidazole rings is 1. The zero-order chi connectivity index (χ0) is 24.4. The van der Waals surface area contributed by atoms with Crippen LogP contribution >= 0.6 is 12.0 Å². The molecule has 0 radical (unpaired) electrons. The van der Waals surface area contributed by atoms with Crippen molar-refractivity contribution in [2.24, 2.45) is 5.41 Å². The van der Waals surface area contributed by atoms with Crippen molar-refractivity contribution in [2.45, 2.75) is 39.7 Å². The van der Waals surface area contributed by atoms with Crippen molar-refractivity contribution < 1.29 is 13.7 Å². The second kappa shape index (κ2) is 12.3. The van der Waals surface area contributed by atoms with E-state index in [1.54, 1.807) is 24.3 Å².